The van der Waals surface area contributed by atoms with Crippen molar-refractivity contribution in [1.82, 2.24) is 4.90 Å². The topological polar surface area (TPSA) is 55.6 Å². The Morgan fingerprint density at radius 3 is 2.50 bits per heavy atom. The summed E-state index contributed by atoms with van der Waals surface area (Å²) in [5, 5.41) is 0. The predicted molar refractivity (Wildman–Crippen MR) is 66.7 cm³/mol. The lowest BCUT2D eigenvalue weighted by Gasteiger charge is -2.33. The molecular formula is C11H23ClN2O2. The molecule has 0 aromatic rings. The number of hydrogen-bond donors (Lipinski definition) is 1. The lowest BCUT2D eigenvalue weighted by atomic mass is 9.91. The largest absolute Gasteiger partial charge is 0.372 e. The average Bonchev–Trinajstić information content (AvgIpc) is 2.26. The Balaban J connectivity index is 0.00000225. The zero-order chi connectivity index (χ0) is 11.3. The summed E-state index contributed by atoms with van der Waals surface area (Å²) in [5.74, 6) is 0.682. The van der Waals surface area contributed by atoms with Gasteiger partial charge >= 0.3 is 0 Å². The van der Waals surface area contributed by atoms with E-state index >= 15 is 0 Å². The zero-order valence-corrected chi connectivity index (χ0v) is 11.0. The van der Waals surface area contributed by atoms with Crippen molar-refractivity contribution in [2.45, 2.75) is 32.7 Å². The van der Waals surface area contributed by atoms with Crippen molar-refractivity contribution in [2.75, 3.05) is 26.3 Å². The summed E-state index contributed by atoms with van der Waals surface area (Å²) in [4.78, 5) is 13.5. The Morgan fingerprint density at radius 2 is 2.06 bits per heavy atom. The highest BCUT2D eigenvalue weighted by molar-refractivity contribution is 5.85. The monoisotopic (exact) mass is 250 g/mol. The van der Waals surface area contributed by atoms with Crippen LogP contribution in [0.2, 0.25) is 0 Å². The molecule has 96 valence electrons. The van der Waals surface area contributed by atoms with Gasteiger partial charge in [-0.2, -0.15) is 0 Å². The Morgan fingerprint density at radius 1 is 1.50 bits per heavy atom. The smallest absolute Gasteiger partial charge is 0.248 e. The van der Waals surface area contributed by atoms with Gasteiger partial charge in [0.2, 0.25) is 5.91 Å². The summed E-state index contributed by atoms with van der Waals surface area (Å²) in [6.45, 7) is 6.43. The van der Waals surface area contributed by atoms with E-state index in [1.807, 2.05) is 18.7 Å². The van der Waals surface area contributed by atoms with E-state index < -0.39 is 0 Å². The summed E-state index contributed by atoms with van der Waals surface area (Å²) in [6, 6.07) is 0.245. The van der Waals surface area contributed by atoms with E-state index in [9.17, 15) is 4.79 Å². The first-order valence-electron chi connectivity index (χ1n) is 5.76. The second kappa shape index (κ2) is 7.87. The van der Waals surface area contributed by atoms with Gasteiger partial charge in [-0.25, -0.2) is 0 Å². The highest BCUT2D eigenvalue weighted by Gasteiger charge is 2.24. The number of piperidine rings is 1. The van der Waals surface area contributed by atoms with Gasteiger partial charge in [0.1, 0.15) is 6.61 Å². The molecule has 2 N–H and O–H groups in total. The van der Waals surface area contributed by atoms with Crippen LogP contribution in [0.1, 0.15) is 26.7 Å². The van der Waals surface area contributed by atoms with Crippen LogP contribution in [0.4, 0.5) is 0 Å². The fourth-order valence-corrected chi connectivity index (χ4v) is 1.96. The van der Waals surface area contributed by atoms with Crippen LogP contribution in [0.5, 0.6) is 0 Å². The number of likely N-dealkylation sites (tertiary alicyclic amines) is 1. The van der Waals surface area contributed by atoms with E-state index in [1.54, 1.807) is 0 Å². The number of rotatable bonds is 4. The van der Waals surface area contributed by atoms with Crippen molar-refractivity contribution in [2.24, 2.45) is 11.7 Å². The van der Waals surface area contributed by atoms with E-state index in [1.165, 1.54) is 0 Å². The normalized spacial score (nSPS) is 19.1. The molecule has 1 aliphatic heterocycles. The first-order valence-corrected chi connectivity index (χ1v) is 5.76. The molecule has 1 atom stereocenters. The molecule has 0 radical (unpaired) electrons. The van der Waals surface area contributed by atoms with Gasteiger partial charge in [0.25, 0.3) is 0 Å². The van der Waals surface area contributed by atoms with Crippen molar-refractivity contribution in [3.8, 4) is 0 Å². The Kier molecular flexibility index (Phi) is 7.72. The van der Waals surface area contributed by atoms with Gasteiger partial charge in [-0.15, -0.1) is 12.4 Å². The van der Waals surface area contributed by atoms with Crippen LogP contribution < -0.4 is 5.73 Å². The average molecular weight is 251 g/mol. The number of amides is 1. The minimum Gasteiger partial charge on any atom is -0.372 e. The molecule has 1 fully saturated rings. The summed E-state index contributed by atoms with van der Waals surface area (Å²) >= 11 is 0. The molecule has 0 spiro atoms. The molecule has 1 amide bonds. The molecule has 1 heterocycles. The SMILES string of the molecule is CCOCC(=O)N1CCC(C(C)N)CC1.Cl. The zero-order valence-electron chi connectivity index (χ0n) is 10.1. The minimum absolute atomic E-state index is 0. The number of carbonyl (C=O) groups excluding carboxylic acids is 1. The van der Waals surface area contributed by atoms with Crippen LogP contribution in [0.3, 0.4) is 0 Å². The fraction of sp³-hybridized carbons (Fsp3) is 0.909. The first-order chi connectivity index (χ1) is 7.15. The Bertz CT molecular complexity index is 204. The van der Waals surface area contributed by atoms with E-state index in [-0.39, 0.29) is 31.0 Å². The number of halogens is 1. The van der Waals surface area contributed by atoms with Crippen molar-refractivity contribution in [3.63, 3.8) is 0 Å². The number of nitrogens with two attached hydrogens (primary N) is 1. The van der Waals surface area contributed by atoms with Gasteiger partial charge in [0.05, 0.1) is 0 Å². The maximum atomic E-state index is 11.6. The summed E-state index contributed by atoms with van der Waals surface area (Å²) in [6.07, 6.45) is 2.05. The third-order valence-electron chi connectivity index (χ3n) is 3.07. The second-order valence-electron chi connectivity index (χ2n) is 4.21. The summed E-state index contributed by atoms with van der Waals surface area (Å²) in [5.41, 5.74) is 5.84. The number of carbonyl (C=O) groups is 1. The number of hydrogen-bond acceptors (Lipinski definition) is 3. The summed E-state index contributed by atoms with van der Waals surface area (Å²) < 4.78 is 5.11. The van der Waals surface area contributed by atoms with Gasteiger partial charge < -0.3 is 15.4 Å². The molecule has 0 aliphatic carbocycles. The second-order valence-corrected chi connectivity index (χ2v) is 4.21. The molecule has 0 aromatic carbocycles. The molecule has 0 bridgehead atoms. The lowest BCUT2D eigenvalue weighted by molar-refractivity contribution is -0.137. The molecule has 4 nitrogen and oxygen atoms in total. The van der Waals surface area contributed by atoms with E-state index in [2.05, 4.69) is 0 Å². The molecular weight excluding hydrogens is 228 g/mol. The quantitative estimate of drug-likeness (QED) is 0.811. The van der Waals surface area contributed by atoms with Crippen LogP contribution >= 0.6 is 12.4 Å². The van der Waals surface area contributed by atoms with Crippen molar-refractivity contribution in [3.05, 3.63) is 0 Å². The fourth-order valence-electron chi connectivity index (χ4n) is 1.96. The molecule has 1 rings (SSSR count). The maximum absolute atomic E-state index is 11.6. The van der Waals surface area contributed by atoms with Gasteiger partial charge in [-0.3, -0.25) is 4.79 Å². The summed E-state index contributed by atoms with van der Waals surface area (Å²) in [7, 11) is 0. The first kappa shape index (κ1) is 15.7. The van der Waals surface area contributed by atoms with Crippen LogP contribution in [0, 0.1) is 5.92 Å². The maximum Gasteiger partial charge on any atom is 0.248 e. The number of nitrogens with zero attached hydrogens (tertiary/aromatic N) is 1. The molecule has 1 aliphatic rings. The molecule has 16 heavy (non-hydrogen) atoms. The van der Waals surface area contributed by atoms with Crippen LogP contribution in [0.15, 0.2) is 0 Å². The van der Waals surface area contributed by atoms with Crippen LogP contribution in [-0.4, -0.2) is 43.2 Å². The predicted octanol–water partition coefficient (Wildman–Crippen LogP) is 1.03. The van der Waals surface area contributed by atoms with Crippen molar-refractivity contribution in [1.29, 1.82) is 0 Å². The third kappa shape index (κ3) is 4.68. The van der Waals surface area contributed by atoms with Gasteiger partial charge in [-0.05, 0) is 32.6 Å². The van der Waals surface area contributed by atoms with Crippen molar-refractivity contribution < 1.29 is 9.53 Å². The highest BCUT2D eigenvalue weighted by Crippen LogP contribution is 2.19. The molecule has 0 saturated carbocycles. The Hall–Kier alpha value is -0.320. The highest BCUT2D eigenvalue weighted by atomic mass is 35.5. The molecule has 5 heteroatoms. The van der Waals surface area contributed by atoms with Gasteiger partial charge in [0, 0.05) is 25.7 Å². The minimum atomic E-state index is 0. The van der Waals surface area contributed by atoms with Crippen LogP contribution in [-0.2, 0) is 9.53 Å². The molecule has 1 unspecified atom stereocenters. The molecule has 1 saturated heterocycles. The van der Waals surface area contributed by atoms with Crippen LogP contribution in [0.25, 0.3) is 0 Å². The standard InChI is InChI=1S/C11H22N2O2.ClH/c1-3-15-8-11(14)13-6-4-10(5-7-13)9(2)12;/h9-10H,3-8,12H2,1-2H3;1H. The van der Waals surface area contributed by atoms with E-state index in [4.69, 9.17) is 10.5 Å². The van der Waals surface area contributed by atoms with Gasteiger partial charge in [0.15, 0.2) is 0 Å². The number of ether oxygens (including phenoxy) is 1. The Labute approximate surface area is 104 Å². The molecule has 0 aromatic heterocycles. The van der Waals surface area contributed by atoms with E-state index in [0.717, 1.165) is 25.9 Å². The van der Waals surface area contributed by atoms with Crippen molar-refractivity contribution >= 4 is 18.3 Å². The van der Waals surface area contributed by atoms with E-state index in [0.29, 0.717) is 12.5 Å². The van der Waals surface area contributed by atoms with Gasteiger partial charge in [-0.1, -0.05) is 0 Å². The lowest BCUT2D eigenvalue weighted by Crippen LogP contribution is -2.43. The third-order valence-corrected chi connectivity index (χ3v) is 3.07.